The quantitative estimate of drug-likeness (QED) is 0.701. The van der Waals surface area contributed by atoms with Crippen LogP contribution in [-0.4, -0.2) is 28.8 Å². The Kier molecular flexibility index (Phi) is 6.68. The summed E-state index contributed by atoms with van der Waals surface area (Å²) >= 11 is 0. The van der Waals surface area contributed by atoms with Crippen molar-refractivity contribution in [2.45, 2.75) is 64.8 Å². The van der Waals surface area contributed by atoms with Crippen LogP contribution in [0.15, 0.2) is 0 Å². The second-order valence-electron chi connectivity index (χ2n) is 5.71. The zero-order chi connectivity index (χ0) is 15.1. The van der Waals surface area contributed by atoms with Crippen LogP contribution in [0.25, 0.3) is 0 Å². The van der Waals surface area contributed by atoms with Gasteiger partial charge in [0.15, 0.2) is 0 Å². The first-order valence-electron chi connectivity index (χ1n) is 7.49. The Morgan fingerprint density at radius 1 is 1.20 bits per heavy atom. The molecule has 1 amide bonds. The monoisotopic (exact) mass is 283 g/mol. The summed E-state index contributed by atoms with van der Waals surface area (Å²) < 4.78 is 0. The van der Waals surface area contributed by atoms with Gasteiger partial charge in [-0.05, 0) is 25.7 Å². The Morgan fingerprint density at radius 3 is 2.25 bits per heavy atom. The fraction of sp³-hybridized carbons (Fsp3) is 0.800. The highest BCUT2D eigenvalue weighted by atomic mass is 16.4. The van der Waals surface area contributed by atoms with E-state index in [9.17, 15) is 19.5 Å². The normalized spacial score (nSPS) is 19.1. The summed E-state index contributed by atoms with van der Waals surface area (Å²) in [5, 5.41) is 11.8. The molecule has 0 bridgehead atoms. The third kappa shape index (κ3) is 4.94. The van der Waals surface area contributed by atoms with Crippen LogP contribution in [0.2, 0.25) is 0 Å². The molecule has 1 saturated carbocycles. The predicted octanol–water partition coefficient (Wildman–Crippen LogP) is 2.14. The lowest BCUT2D eigenvalue weighted by Gasteiger charge is -2.25. The minimum Gasteiger partial charge on any atom is -0.480 e. The number of hydrogen-bond acceptors (Lipinski definition) is 3. The van der Waals surface area contributed by atoms with Crippen molar-refractivity contribution < 1.29 is 19.5 Å². The van der Waals surface area contributed by atoms with Crippen LogP contribution in [0.3, 0.4) is 0 Å². The van der Waals surface area contributed by atoms with E-state index in [4.69, 9.17) is 0 Å². The molecule has 2 atom stereocenters. The molecule has 5 heteroatoms. The molecule has 0 radical (unpaired) electrons. The van der Waals surface area contributed by atoms with E-state index in [2.05, 4.69) is 5.32 Å². The van der Waals surface area contributed by atoms with E-state index in [0.717, 1.165) is 25.7 Å². The van der Waals surface area contributed by atoms with E-state index in [1.165, 1.54) is 13.3 Å². The van der Waals surface area contributed by atoms with Crippen molar-refractivity contribution in [3.05, 3.63) is 0 Å². The van der Waals surface area contributed by atoms with E-state index in [-0.39, 0.29) is 5.78 Å². The Bertz CT molecular complexity index is 361. The lowest BCUT2D eigenvalue weighted by molar-refractivity contribution is -0.144. The van der Waals surface area contributed by atoms with Crippen LogP contribution in [0, 0.1) is 11.8 Å². The van der Waals surface area contributed by atoms with Crippen molar-refractivity contribution in [3.8, 4) is 0 Å². The van der Waals surface area contributed by atoms with E-state index < -0.39 is 23.8 Å². The molecule has 0 heterocycles. The molecule has 0 aromatic carbocycles. The number of hydrogen-bond donors (Lipinski definition) is 2. The first kappa shape index (κ1) is 16.7. The Morgan fingerprint density at radius 2 is 1.80 bits per heavy atom. The van der Waals surface area contributed by atoms with Crippen molar-refractivity contribution in [1.29, 1.82) is 0 Å². The lowest BCUT2D eigenvalue weighted by atomic mass is 9.84. The highest BCUT2D eigenvalue weighted by molar-refractivity contribution is 6.01. The van der Waals surface area contributed by atoms with Crippen molar-refractivity contribution in [1.82, 2.24) is 5.32 Å². The molecule has 20 heavy (non-hydrogen) atoms. The van der Waals surface area contributed by atoms with E-state index in [0.29, 0.717) is 18.8 Å². The molecule has 0 aromatic heterocycles. The summed E-state index contributed by atoms with van der Waals surface area (Å²) in [6.07, 6.45) is 6.41. The van der Waals surface area contributed by atoms with Crippen molar-refractivity contribution in [2.24, 2.45) is 11.8 Å². The van der Waals surface area contributed by atoms with Crippen LogP contribution in [0.5, 0.6) is 0 Å². The van der Waals surface area contributed by atoms with Crippen LogP contribution in [0.1, 0.15) is 58.8 Å². The summed E-state index contributed by atoms with van der Waals surface area (Å²) in [6, 6.07) is -0.876. The number of carbonyl (C=O) groups is 3. The smallest absolute Gasteiger partial charge is 0.326 e. The summed E-state index contributed by atoms with van der Waals surface area (Å²) in [4.78, 5) is 34.6. The Balaban J connectivity index is 2.59. The van der Waals surface area contributed by atoms with Crippen LogP contribution < -0.4 is 5.32 Å². The standard InChI is InChI=1S/C15H25NO4/c1-3-12(10(2)17)14(18)16-13(15(19)20)9-11-7-5-4-6-8-11/h11-13H,3-9H2,1-2H3,(H,16,18)(H,19,20)/t12?,13-/m0/s1. The van der Waals surface area contributed by atoms with Gasteiger partial charge in [-0.1, -0.05) is 39.0 Å². The van der Waals surface area contributed by atoms with Crippen LogP contribution in [0.4, 0.5) is 0 Å². The minimum absolute atomic E-state index is 0.216. The van der Waals surface area contributed by atoms with Crippen LogP contribution in [-0.2, 0) is 14.4 Å². The van der Waals surface area contributed by atoms with Crippen molar-refractivity contribution >= 4 is 17.7 Å². The topological polar surface area (TPSA) is 83.5 Å². The van der Waals surface area contributed by atoms with Crippen LogP contribution >= 0.6 is 0 Å². The number of ketones is 1. The maximum absolute atomic E-state index is 12.0. The van der Waals surface area contributed by atoms with Gasteiger partial charge in [0.2, 0.25) is 5.91 Å². The van der Waals surface area contributed by atoms with Gasteiger partial charge in [-0.2, -0.15) is 0 Å². The molecule has 0 aliphatic heterocycles. The molecule has 1 aliphatic carbocycles. The molecule has 2 N–H and O–H groups in total. The largest absolute Gasteiger partial charge is 0.480 e. The highest BCUT2D eigenvalue weighted by Gasteiger charge is 2.29. The average Bonchev–Trinajstić information content (AvgIpc) is 2.39. The molecule has 114 valence electrons. The molecule has 0 spiro atoms. The molecule has 1 rings (SSSR count). The Labute approximate surface area is 120 Å². The lowest BCUT2D eigenvalue weighted by Crippen LogP contribution is -2.46. The number of rotatable bonds is 7. The zero-order valence-electron chi connectivity index (χ0n) is 12.4. The molecule has 1 fully saturated rings. The van der Waals surface area contributed by atoms with E-state index in [1.54, 1.807) is 6.92 Å². The number of nitrogens with one attached hydrogen (secondary N) is 1. The molecular weight excluding hydrogens is 258 g/mol. The number of carbonyl (C=O) groups excluding carboxylic acids is 2. The fourth-order valence-corrected chi connectivity index (χ4v) is 2.91. The van der Waals surface area contributed by atoms with Gasteiger partial charge < -0.3 is 10.4 Å². The first-order chi connectivity index (χ1) is 9.45. The van der Waals surface area contributed by atoms with Gasteiger partial charge in [0.25, 0.3) is 0 Å². The number of carboxylic acid groups (broad SMARTS) is 1. The summed E-state index contributed by atoms with van der Waals surface area (Å²) in [7, 11) is 0. The van der Waals surface area contributed by atoms with Gasteiger partial charge in [0.1, 0.15) is 11.8 Å². The predicted molar refractivity (Wildman–Crippen MR) is 75.2 cm³/mol. The number of aliphatic carboxylic acids is 1. The zero-order valence-corrected chi connectivity index (χ0v) is 12.4. The SMILES string of the molecule is CCC(C(C)=O)C(=O)N[C@@H](CC1CCCCC1)C(=O)O. The molecule has 1 unspecified atom stereocenters. The van der Waals surface area contributed by atoms with E-state index >= 15 is 0 Å². The second-order valence-corrected chi connectivity index (χ2v) is 5.71. The second kappa shape index (κ2) is 8.02. The highest BCUT2D eigenvalue weighted by Crippen LogP contribution is 2.27. The Hall–Kier alpha value is -1.39. The maximum atomic E-state index is 12.0. The summed E-state index contributed by atoms with van der Waals surface area (Å²) in [5.41, 5.74) is 0. The average molecular weight is 283 g/mol. The fourth-order valence-electron chi connectivity index (χ4n) is 2.91. The number of carboxylic acids is 1. The molecular formula is C15H25NO4. The molecule has 0 aromatic rings. The van der Waals surface area contributed by atoms with Gasteiger partial charge in [0, 0.05) is 0 Å². The third-order valence-electron chi connectivity index (χ3n) is 4.12. The molecule has 1 aliphatic rings. The number of amides is 1. The first-order valence-corrected chi connectivity index (χ1v) is 7.49. The molecule has 5 nitrogen and oxygen atoms in total. The summed E-state index contributed by atoms with van der Waals surface area (Å²) in [5.74, 6) is -2.05. The minimum atomic E-state index is -1.01. The van der Waals surface area contributed by atoms with E-state index in [1.807, 2.05) is 0 Å². The molecule has 0 saturated heterocycles. The third-order valence-corrected chi connectivity index (χ3v) is 4.12. The van der Waals surface area contributed by atoms with Gasteiger partial charge in [-0.25, -0.2) is 4.79 Å². The van der Waals surface area contributed by atoms with Gasteiger partial charge in [0.05, 0.1) is 5.92 Å². The number of Topliss-reactive ketones (excluding diaryl/α,β-unsaturated/α-hetero) is 1. The van der Waals surface area contributed by atoms with Crippen molar-refractivity contribution in [2.75, 3.05) is 0 Å². The van der Waals surface area contributed by atoms with Gasteiger partial charge in [-0.15, -0.1) is 0 Å². The van der Waals surface area contributed by atoms with Crippen molar-refractivity contribution in [3.63, 3.8) is 0 Å². The van der Waals surface area contributed by atoms with Gasteiger partial charge in [-0.3, -0.25) is 9.59 Å². The summed E-state index contributed by atoms with van der Waals surface area (Å²) in [6.45, 7) is 3.12. The maximum Gasteiger partial charge on any atom is 0.326 e. The van der Waals surface area contributed by atoms with Gasteiger partial charge >= 0.3 is 5.97 Å².